The van der Waals surface area contributed by atoms with Crippen LogP contribution >= 0.6 is 11.6 Å². The summed E-state index contributed by atoms with van der Waals surface area (Å²) in [6.45, 7) is 4.06. The number of carbonyl (C=O) groups is 1. The Morgan fingerprint density at radius 1 is 1.14 bits per heavy atom. The molecular weight excluding hydrogens is 412 g/mol. The van der Waals surface area contributed by atoms with Gasteiger partial charge in [-0.1, -0.05) is 37.1 Å². The minimum absolute atomic E-state index is 0.00142. The van der Waals surface area contributed by atoms with Crippen LogP contribution in [0.1, 0.15) is 32.3 Å². The van der Waals surface area contributed by atoms with Crippen LogP contribution in [0.15, 0.2) is 47.4 Å². The highest BCUT2D eigenvalue weighted by atomic mass is 35.5. The molecule has 158 valence electrons. The van der Waals surface area contributed by atoms with Crippen molar-refractivity contribution in [1.29, 1.82) is 0 Å². The van der Waals surface area contributed by atoms with Crippen LogP contribution in [0.3, 0.4) is 0 Å². The highest BCUT2D eigenvalue weighted by Gasteiger charge is 2.24. The summed E-state index contributed by atoms with van der Waals surface area (Å²) in [6, 6.07) is 11.8. The molecule has 0 atom stereocenters. The summed E-state index contributed by atoms with van der Waals surface area (Å²) in [4.78, 5) is 12.3. The molecule has 0 fully saturated rings. The fraction of sp³-hybridized carbons (Fsp3) is 0.381. The van der Waals surface area contributed by atoms with Crippen molar-refractivity contribution in [2.24, 2.45) is 0 Å². The molecule has 0 bridgehead atoms. The normalized spacial score (nSPS) is 11.5. The van der Waals surface area contributed by atoms with Gasteiger partial charge in [-0.15, -0.1) is 0 Å². The highest BCUT2D eigenvalue weighted by Crippen LogP contribution is 2.28. The number of sulfonamides is 1. The van der Waals surface area contributed by atoms with Gasteiger partial charge in [-0.3, -0.25) is 4.79 Å². The third-order valence-electron chi connectivity index (χ3n) is 4.33. The van der Waals surface area contributed by atoms with Gasteiger partial charge in [0.25, 0.3) is 0 Å². The molecule has 0 spiro atoms. The van der Waals surface area contributed by atoms with Crippen molar-refractivity contribution < 1.29 is 17.9 Å². The maximum atomic E-state index is 12.7. The summed E-state index contributed by atoms with van der Waals surface area (Å²) in [7, 11) is -2.51. The molecule has 29 heavy (non-hydrogen) atoms. The van der Waals surface area contributed by atoms with Gasteiger partial charge in [-0.25, -0.2) is 8.42 Å². The van der Waals surface area contributed by atoms with Crippen LogP contribution in [-0.4, -0.2) is 38.8 Å². The van der Waals surface area contributed by atoms with E-state index in [0.717, 1.165) is 23.6 Å². The van der Waals surface area contributed by atoms with Crippen molar-refractivity contribution in [3.05, 3.63) is 53.1 Å². The van der Waals surface area contributed by atoms with E-state index < -0.39 is 15.9 Å². The first-order valence-corrected chi connectivity index (χ1v) is 11.4. The number of likely N-dealkylation sites (N-methyl/N-ethyl adjacent to an activating group) is 1. The number of amides is 1. The van der Waals surface area contributed by atoms with E-state index in [1.807, 2.05) is 31.2 Å². The van der Waals surface area contributed by atoms with Gasteiger partial charge < -0.3 is 10.1 Å². The SMILES string of the molecule is CCCCc1ccc(NC(=O)CN(C)S(=O)(=O)c2ccc(OCC)c(Cl)c2)cc1. The number of hydrogen-bond donors (Lipinski definition) is 1. The Morgan fingerprint density at radius 3 is 2.41 bits per heavy atom. The lowest BCUT2D eigenvalue weighted by Crippen LogP contribution is -2.35. The van der Waals surface area contributed by atoms with E-state index in [4.69, 9.17) is 16.3 Å². The summed E-state index contributed by atoms with van der Waals surface area (Å²) < 4.78 is 31.8. The minimum Gasteiger partial charge on any atom is -0.492 e. The predicted molar refractivity (Wildman–Crippen MR) is 116 cm³/mol. The van der Waals surface area contributed by atoms with E-state index in [1.165, 1.54) is 30.8 Å². The summed E-state index contributed by atoms with van der Waals surface area (Å²) in [5.74, 6) is -0.00897. The number of anilines is 1. The first-order chi connectivity index (χ1) is 13.8. The molecule has 8 heteroatoms. The van der Waals surface area contributed by atoms with Crippen LogP contribution in [0.25, 0.3) is 0 Å². The number of nitrogens with zero attached hydrogens (tertiary/aromatic N) is 1. The fourth-order valence-corrected chi connectivity index (χ4v) is 4.17. The van der Waals surface area contributed by atoms with Gasteiger partial charge in [-0.05, 0) is 55.7 Å². The number of carbonyl (C=O) groups excluding carboxylic acids is 1. The number of hydrogen-bond acceptors (Lipinski definition) is 4. The molecule has 0 saturated heterocycles. The lowest BCUT2D eigenvalue weighted by Gasteiger charge is -2.17. The lowest BCUT2D eigenvalue weighted by molar-refractivity contribution is -0.116. The Bertz CT molecular complexity index is 930. The average Bonchev–Trinajstić information content (AvgIpc) is 2.69. The second-order valence-corrected chi connectivity index (χ2v) is 9.09. The summed E-state index contributed by atoms with van der Waals surface area (Å²) >= 11 is 6.09. The Labute approximate surface area is 177 Å². The molecule has 0 aliphatic heterocycles. The van der Waals surface area contributed by atoms with E-state index in [2.05, 4.69) is 12.2 Å². The van der Waals surface area contributed by atoms with Crippen LogP contribution in [0.4, 0.5) is 5.69 Å². The number of benzene rings is 2. The highest BCUT2D eigenvalue weighted by molar-refractivity contribution is 7.89. The molecule has 2 aromatic rings. The van der Waals surface area contributed by atoms with Gasteiger partial charge in [-0.2, -0.15) is 4.31 Å². The Balaban J connectivity index is 2.01. The van der Waals surface area contributed by atoms with Crippen molar-refractivity contribution in [3.63, 3.8) is 0 Å². The molecule has 1 amide bonds. The second-order valence-electron chi connectivity index (χ2n) is 6.63. The lowest BCUT2D eigenvalue weighted by atomic mass is 10.1. The maximum absolute atomic E-state index is 12.7. The molecular formula is C21H27ClN2O4S. The number of unbranched alkanes of at least 4 members (excludes halogenated alkanes) is 1. The maximum Gasteiger partial charge on any atom is 0.243 e. The van der Waals surface area contributed by atoms with Crippen LogP contribution in [0.2, 0.25) is 5.02 Å². The third-order valence-corrected chi connectivity index (χ3v) is 6.43. The van der Waals surface area contributed by atoms with E-state index in [1.54, 1.807) is 0 Å². The van der Waals surface area contributed by atoms with Crippen LogP contribution < -0.4 is 10.1 Å². The standard InChI is InChI=1S/C21H27ClN2O4S/c1-4-6-7-16-8-10-17(11-9-16)23-21(25)15-24(3)29(26,27)18-12-13-20(28-5-2)19(22)14-18/h8-14H,4-7,15H2,1-3H3,(H,23,25). The minimum atomic E-state index is -3.87. The number of rotatable bonds is 10. The van der Waals surface area contributed by atoms with E-state index >= 15 is 0 Å². The monoisotopic (exact) mass is 438 g/mol. The van der Waals surface area contributed by atoms with Gasteiger partial charge in [0, 0.05) is 12.7 Å². The van der Waals surface area contributed by atoms with Gasteiger partial charge in [0.15, 0.2) is 0 Å². The molecule has 2 rings (SSSR count). The molecule has 2 aromatic carbocycles. The molecule has 0 aromatic heterocycles. The number of nitrogens with one attached hydrogen (secondary N) is 1. The van der Waals surface area contributed by atoms with Crippen molar-refractivity contribution in [1.82, 2.24) is 4.31 Å². The second kappa shape index (κ2) is 10.6. The molecule has 0 aliphatic rings. The Hall–Kier alpha value is -2.09. The van der Waals surface area contributed by atoms with Crippen molar-refractivity contribution in [2.45, 2.75) is 38.0 Å². The quantitative estimate of drug-likeness (QED) is 0.598. The molecule has 6 nitrogen and oxygen atoms in total. The average molecular weight is 439 g/mol. The van der Waals surface area contributed by atoms with E-state index in [9.17, 15) is 13.2 Å². The van der Waals surface area contributed by atoms with Gasteiger partial charge in [0.1, 0.15) is 5.75 Å². The van der Waals surface area contributed by atoms with Crippen molar-refractivity contribution in [2.75, 3.05) is 25.5 Å². The molecule has 0 unspecified atom stereocenters. The number of halogens is 1. The van der Waals surface area contributed by atoms with Crippen LogP contribution in [0, 0.1) is 0 Å². The Kier molecular flexibility index (Phi) is 8.49. The third kappa shape index (κ3) is 6.45. The molecule has 1 N–H and O–H groups in total. The Morgan fingerprint density at radius 2 is 1.83 bits per heavy atom. The predicted octanol–water partition coefficient (Wildman–Crippen LogP) is 4.34. The van der Waals surface area contributed by atoms with Crippen molar-refractivity contribution in [3.8, 4) is 5.75 Å². The first kappa shape index (κ1) is 23.2. The summed E-state index contributed by atoms with van der Waals surface area (Å²) in [5.41, 5.74) is 1.84. The topological polar surface area (TPSA) is 75.7 Å². The largest absolute Gasteiger partial charge is 0.492 e. The summed E-state index contributed by atoms with van der Waals surface area (Å²) in [6.07, 6.45) is 3.24. The van der Waals surface area contributed by atoms with Crippen molar-refractivity contribution >= 4 is 33.2 Å². The van der Waals surface area contributed by atoms with Crippen LogP contribution in [-0.2, 0) is 21.2 Å². The van der Waals surface area contributed by atoms with Gasteiger partial charge in [0.2, 0.25) is 15.9 Å². The van der Waals surface area contributed by atoms with Gasteiger partial charge in [0.05, 0.1) is 23.1 Å². The van der Waals surface area contributed by atoms with E-state index in [0.29, 0.717) is 18.0 Å². The number of aryl methyl sites for hydroxylation is 1. The molecule has 0 saturated carbocycles. The zero-order valence-electron chi connectivity index (χ0n) is 16.9. The molecule has 0 heterocycles. The zero-order chi connectivity index (χ0) is 21.4. The number of ether oxygens (including phenoxy) is 1. The van der Waals surface area contributed by atoms with Crippen LogP contribution in [0.5, 0.6) is 5.75 Å². The summed E-state index contributed by atoms with van der Waals surface area (Å²) in [5, 5.41) is 2.93. The molecule has 0 aliphatic carbocycles. The van der Waals surface area contributed by atoms with E-state index in [-0.39, 0.29) is 16.5 Å². The zero-order valence-corrected chi connectivity index (χ0v) is 18.5. The molecule has 0 radical (unpaired) electrons. The fourth-order valence-electron chi connectivity index (χ4n) is 2.72. The first-order valence-electron chi connectivity index (χ1n) is 9.55. The van der Waals surface area contributed by atoms with Gasteiger partial charge >= 0.3 is 0 Å². The smallest absolute Gasteiger partial charge is 0.243 e.